The Labute approximate surface area is 326 Å². The van der Waals surface area contributed by atoms with Crippen molar-refractivity contribution in [3.63, 3.8) is 0 Å². The summed E-state index contributed by atoms with van der Waals surface area (Å²) in [5.74, 6) is 2.73. The smallest absolute Gasteiger partial charge is 0.320 e. The monoisotopic (exact) mass is 773 g/mol. The van der Waals surface area contributed by atoms with Crippen LogP contribution in [0.15, 0.2) is 84.9 Å². The Hall–Kier alpha value is -4.71. The Balaban J connectivity index is 0.000000232. The SMILES string of the molecule is COc1nc(-c2cccc(C(C)C)c2)nc(-c2cc(CN)ccc2Cl)n1.COc1nc(-c2cccc(C(C)C)c2)nc(-c2cc(CO)ccc2Cl)n1.Cl. The van der Waals surface area contributed by atoms with Crippen molar-refractivity contribution in [2.45, 2.75) is 52.7 Å². The van der Waals surface area contributed by atoms with Crippen LogP contribution in [-0.2, 0) is 13.2 Å². The molecule has 276 valence electrons. The average Bonchev–Trinajstić information content (AvgIpc) is 3.18. The number of aliphatic hydroxyl groups excluding tert-OH is 1. The first-order valence-electron chi connectivity index (χ1n) is 16.7. The molecule has 0 amide bonds. The fourth-order valence-electron chi connectivity index (χ4n) is 5.18. The molecular weight excluding hydrogens is 733 g/mol. The maximum atomic E-state index is 9.39. The van der Waals surface area contributed by atoms with E-state index in [4.69, 9.17) is 38.4 Å². The van der Waals surface area contributed by atoms with E-state index in [1.54, 1.807) is 24.3 Å². The summed E-state index contributed by atoms with van der Waals surface area (Å²) in [6.07, 6.45) is 0. The lowest BCUT2D eigenvalue weighted by Crippen LogP contribution is -2.02. The normalized spacial score (nSPS) is 10.8. The molecule has 0 spiro atoms. The van der Waals surface area contributed by atoms with Gasteiger partial charge in [0.15, 0.2) is 23.3 Å². The number of benzene rings is 4. The van der Waals surface area contributed by atoms with Crippen LogP contribution in [0.25, 0.3) is 45.6 Å². The van der Waals surface area contributed by atoms with Gasteiger partial charge in [0.1, 0.15) is 0 Å². The maximum absolute atomic E-state index is 9.39. The Bertz CT molecular complexity index is 2010. The lowest BCUT2D eigenvalue weighted by molar-refractivity contribution is 0.282. The first-order chi connectivity index (χ1) is 25.0. The zero-order valence-electron chi connectivity index (χ0n) is 30.3. The van der Waals surface area contributed by atoms with Gasteiger partial charge < -0.3 is 20.3 Å². The molecule has 53 heavy (non-hydrogen) atoms. The van der Waals surface area contributed by atoms with E-state index in [9.17, 15) is 5.11 Å². The van der Waals surface area contributed by atoms with Crippen LogP contribution in [0.2, 0.25) is 10.0 Å². The van der Waals surface area contributed by atoms with E-state index in [0.29, 0.717) is 62.9 Å². The summed E-state index contributed by atoms with van der Waals surface area (Å²) in [6, 6.07) is 27.5. The minimum Gasteiger partial charge on any atom is -0.467 e. The van der Waals surface area contributed by atoms with Crippen molar-refractivity contribution in [1.29, 1.82) is 0 Å². The number of hydrogen-bond acceptors (Lipinski definition) is 10. The van der Waals surface area contributed by atoms with Crippen LogP contribution in [-0.4, -0.2) is 49.2 Å². The highest BCUT2D eigenvalue weighted by Gasteiger charge is 2.16. The van der Waals surface area contributed by atoms with Crippen molar-refractivity contribution in [1.82, 2.24) is 29.9 Å². The topological polar surface area (TPSA) is 142 Å². The third kappa shape index (κ3) is 10.2. The van der Waals surface area contributed by atoms with E-state index in [1.807, 2.05) is 36.4 Å². The molecule has 0 atom stereocenters. The van der Waals surface area contributed by atoms with Gasteiger partial charge in [0.25, 0.3) is 0 Å². The number of nitrogens with two attached hydrogens (primary N) is 1. The molecule has 2 heterocycles. The van der Waals surface area contributed by atoms with Gasteiger partial charge in [0, 0.05) is 28.8 Å². The van der Waals surface area contributed by atoms with Gasteiger partial charge in [0.2, 0.25) is 0 Å². The van der Waals surface area contributed by atoms with Crippen LogP contribution in [0.4, 0.5) is 0 Å². The van der Waals surface area contributed by atoms with Crippen molar-refractivity contribution < 1.29 is 14.6 Å². The number of aliphatic hydroxyl groups is 1. The second kappa shape index (κ2) is 18.9. The fourth-order valence-corrected chi connectivity index (χ4v) is 5.59. The minimum atomic E-state index is -0.0876. The zero-order chi connectivity index (χ0) is 37.4. The van der Waals surface area contributed by atoms with Crippen molar-refractivity contribution in [2.24, 2.45) is 5.73 Å². The molecule has 10 nitrogen and oxygen atoms in total. The Morgan fingerprint density at radius 1 is 0.585 bits per heavy atom. The number of halogens is 3. The second-order valence-corrected chi connectivity index (χ2v) is 13.3. The fraction of sp³-hybridized carbons (Fsp3) is 0.250. The van der Waals surface area contributed by atoms with Crippen molar-refractivity contribution in [3.8, 4) is 57.6 Å². The van der Waals surface area contributed by atoms with Gasteiger partial charge in [-0.3, -0.25) is 0 Å². The van der Waals surface area contributed by atoms with E-state index in [1.165, 1.54) is 25.3 Å². The van der Waals surface area contributed by atoms with Gasteiger partial charge in [-0.15, -0.1) is 12.4 Å². The largest absolute Gasteiger partial charge is 0.467 e. The quantitative estimate of drug-likeness (QED) is 0.138. The standard InChI is InChI=1S/C20H21ClN4O.C20H20ClN3O2.ClH/c1-12(2)14-5-4-6-15(10-14)18-23-19(25-20(24-18)26-3)16-9-13(11-22)7-8-17(16)21;1-12(2)14-5-4-6-15(10-14)18-22-19(24-20(23-18)26-3)16-9-13(11-25)7-8-17(16)21;/h4-10,12H,11,22H2,1-3H3;4-10,12,25H,11H2,1-3H3;1H. The number of hydrogen-bond donors (Lipinski definition) is 2. The highest BCUT2D eigenvalue weighted by molar-refractivity contribution is 6.33. The van der Waals surface area contributed by atoms with Crippen LogP contribution >= 0.6 is 35.6 Å². The second-order valence-electron chi connectivity index (χ2n) is 12.5. The number of methoxy groups -OCH3 is 2. The molecule has 0 saturated heterocycles. The molecule has 0 unspecified atom stereocenters. The summed E-state index contributed by atoms with van der Waals surface area (Å²) in [5.41, 5.74) is 13.0. The summed E-state index contributed by atoms with van der Waals surface area (Å²) in [7, 11) is 3.05. The molecule has 0 fully saturated rings. The summed E-state index contributed by atoms with van der Waals surface area (Å²) in [5, 5.41) is 10.4. The molecule has 0 aliphatic heterocycles. The minimum absolute atomic E-state index is 0. The van der Waals surface area contributed by atoms with E-state index in [0.717, 1.165) is 22.3 Å². The molecule has 6 aromatic rings. The Kier molecular flexibility index (Phi) is 14.6. The molecule has 2 aromatic heterocycles. The van der Waals surface area contributed by atoms with Gasteiger partial charge in [-0.1, -0.05) is 99.4 Å². The van der Waals surface area contributed by atoms with Gasteiger partial charge in [-0.2, -0.15) is 19.9 Å². The summed E-state index contributed by atoms with van der Waals surface area (Å²) >= 11 is 12.7. The maximum Gasteiger partial charge on any atom is 0.320 e. The zero-order valence-corrected chi connectivity index (χ0v) is 32.7. The van der Waals surface area contributed by atoms with Crippen molar-refractivity contribution in [3.05, 3.63) is 117 Å². The van der Waals surface area contributed by atoms with Crippen molar-refractivity contribution in [2.75, 3.05) is 14.2 Å². The lowest BCUT2D eigenvalue weighted by Gasteiger charge is -2.11. The first kappa shape index (κ1) is 41.1. The number of aromatic nitrogens is 6. The van der Waals surface area contributed by atoms with Gasteiger partial charge in [0.05, 0.1) is 30.9 Å². The van der Waals surface area contributed by atoms with Crippen LogP contribution < -0.4 is 15.2 Å². The van der Waals surface area contributed by atoms with Gasteiger partial charge in [-0.25, -0.2) is 9.97 Å². The van der Waals surface area contributed by atoms with Crippen LogP contribution in [0.1, 0.15) is 61.8 Å². The highest BCUT2D eigenvalue weighted by atomic mass is 35.5. The summed E-state index contributed by atoms with van der Waals surface area (Å²) in [6.45, 7) is 8.90. The average molecular weight is 775 g/mol. The lowest BCUT2D eigenvalue weighted by atomic mass is 10.0. The molecule has 0 radical (unpaired) electrons. The van der Waals surface area contributed by atoms with E-state index in [2.05, 4.69) is 81.9 Å². The summed E-state index contributed by atoms with van der Waals surface area (Å²) < 4.78 is 10.5. The molecule has 13 heteroatoms. The molecule has 0 aliphatic rings. The predicted octanol–water partition coefficient (Wildman–Crippen LogP) is 9.35. The molecular formula is C40H42Cl3N7O3. The van der Waals surface area contributed by atoms with Crippen LogP contribution in [0, 0.1) is 0 Å². The van der Waals surface area contributed by atoms with Gasteiger partial charge in [-0.05, 0) is 70.5 Å². The van der Waals surface area contributed by atoms with Crippen LogP contribution in [0.5, 0.6) is 12.0 Å². The molecule has 4 aromatic carbocycles. The third-order valence-corrected chi connectivity index (χ3v) is 8.84. The summed E-state index contributed by atoms with van der Waals surface area (Å²) in [4.78, 5) is 26.7. The van der Waals surface area contributed by atoms with E-state index >= 15 is 0 Å². The highest BCUT2D eigenvalue weighted by Crippen LogP contribution is 2.31. The number of nitrogens with zero attached hydrogens (tertiary/aromatic N) is 6. The molecule has 3 N–H and O–H groups in total. The molecule has 0 bridgehead atoms. The Morgan fingerprint density at radius 3 is 1.40 bits per heavy atom. The molecule has 6 rings (SSSR count). The van der Waals surface area contributed by atoms with Gasteiger partial charge >= 0.3 is 12.0 Å². The number of rotatable bonds is 10. The first-order valence-corrected chi connectivity index (χ1v) is 17.5. The van der Waals surface area contributed by atoms with E-state index < -0.39 is 0 Å². The van der Waals surface area contributed by atoms with E-state index in [-0.39, 0.29) is 31.0 Å². The molecule has 0 saturated carbocycles. The number of ether oxygens (including phenoxy) is 2. The van der Waals surface area contributed by atoms with Crippen LogP contribution in [0.3, 0.4) is 0 Å². The predicted molar refractivity (Wildman–Crippen MR) is 214 cm³/mol. The third-order valence-electron chi connectivity index (χ3n) is 8.18. The van der Waals surface area contributed by atoms with Crippen molar-refractivity contribution >= 4 is 35.6 Å². The Morgan fingerprint density at radius 2 is 1.00 bits per heavy atom. The molecule has 0 aliphatic carbocycles.